The van der Waals surface area contributed by atoms with E-state index >= 15 is 0 Å². The minimum absolute atomic E-state index is 0.0222. The van der Waals surface area contributed by atoms with Gasteiger partial charge in [0.15, 0.2) is 0 Å². The van der Waals surface area contributed by atoms with Crippen molar-refractivity contribution in [2.75, 3.05) is 0 Å². The molecule has 11 unspecified atom stereocenters. The standard InChI is InChI=1S/C31H52O3/c1-18-15-20-24(19(2)16-22-28(5,6)23(32)9-10-29(20,22)7)30(8)12-14-31(26(33)34)13-11-27(3,4)17-21(31)25(18)30/h18-25,32H,9-17H2,1-8H3,(H,33,34). The second kappa shape index (κ2) is 7.48. The molecule has 34 heavy (non-hydrogen) atoms. The molecule has 0 aromatic rings. The number of aliphatic hydroxyl groups excluding tert-OH is 1. The number of aliphatic carboxylic acids is 1. The van der Waals surface area contributed by atoms with Crippen LogP contribution in [0.3, 0.4) is 0 Å². The topological polar surface area (TPSA) is 57.5 Å². The van der Waals surface area contributed by atoms with Crippen LogP contribution in [0.1, 0.15) is 113 Å². The smallest absolute Gasteiger partial charge is 0.309 e. The van der Waals surface area contributed by atoms with Crippen molar-refractivity contribution >= 4 is 5.97 Å². The minimum atomic E-state index is -0.504. The van der Waals surface area contributed by atoms with Gasteiger partial charge < -0.3 is 10.2 Å². The molecule has 0 bridgehead atoms. The largest absolute Gasteiger partial charge is 0.481 e. The lowest BCUT2D eigenvalue weighted by Crippen LogP contribution is -2.67. The van der Waals surface area contributed by atoms with Gasteiger partial charge in [0.2, 0.25) is 0 Å². The summed E-state index contributed by atoms with van der Waals surface area (Å²) < 4.78 is 0. The lowest BCUT2D eigenvalue weighted by molar-refractivity contribution is -0.245. The summed E-state index contributed by atoms with van der Waals surface area (Å²) in [6.07, 6.45) is 9.34. The van der Waals surface area contributed by atoms with E-state index in [-0.39, 0.29) is 27.8 Å². The lowest BCUT2D eigenvalue weighted by atomic mass is 9.33. The van der Waals surface area contributed by atoms with Crippen LogP contribution in [0.25, 0.3) is 0 Å². The zero-order valence-corrected chi connectivity index (χ0v) is 23.3. The first-order chi connectivity index (χ1) is 15.6. The number of hydrogen-bond acceptors (Lipinski definition) is 2. The molecule has 0 spiro atoms. The van der Waals surface area contributed by atoms with Crippen LogP contribution in [0, 0.1) is 68.5 Å². The highest BCUT2D eigenvalue weighted by molar-refractivity contribution is 5.75. The minimum Gasteiger partial charge on any atom is -0.481 e. The maximum absolute atomic E-state index is 12.9. The monoisotopic (exact) mass is 472 g/mol. The van der Waals surface area contributed by atoms with Gasteiger partial charge in [-0.05, 0) is 121 Å². The maximum atomic E-state index is 12.9. The number of carbonyl (C=O) groups is 1. The summed E-state index contributed by atoms with van der Waals surface area (Å²) in [7, 11) is 0. The molecule has 11 atom stereocenters. The van der Waals surface area contributed by atoms with E-state index in [1.54, 1.807) is 0 Å². The van der Waals surface area contributed by atoms with Gasteiger partial charge in [-0.2, -0.15) is 0 Å². The fraction of sp³-hybridized carbons (Fsp3) is 0.968. The van der Waals surface area contributed by atoms with Crippen LogP contribution in [0.4, 0.5) is 0 Å². The molecule has 3 heteroatoms. The van der Waals surface area contributed by atoms with E-state index in [0.29, 0.717) is 41.4 Å². The summed E-state index contributed by atoms with van der Waals surface area (Å²) in [5.41, 5.74) is 0.243. The first-order valence-electron chi connectivity index (χ1n) is 14.5. The summed E-state index contributed by atoms with van der Waals surface area (Å²) in [6.45, 7) is 19.6. The first-order valence-corrected chi connectivity index (χ1v) is 14.5. The van der Waals surface area contributed by atoms with Crippen molar-refractivity contribution in [2.45, 2.75) is 119 Å². The highest BCUT2D eigenvalue weighted by atomic mass is 16.4. The van der Waals surface area contributed by atoms with Crippen molar-refractivity contribution in [1.82, 2.24) is 0 Å². The van der Waals surface area contributed by atoms with Gasteiger partial charge in [0.25, 0.3) is 0 Å². The van der Waals surface area contributed by atoms with E-state index in [9.17, 15) is 15.0 Å². The van der Waals surface area contributed by atoms with Crippen LogP contribution in [-0.4, -0.2) is 22.3 Å². The van der Waals surface area contributed by atoms with E-state index in [1.165, 1.54) is 12.8 Å². The summed E-state index contributed by atoms with van der Waals surface area (Å²) in [5.74, 6) is 3.48. The third-order valence-corrected chi connectivity index (χ3v) is 13.5. The van der Waals surface area contributed by atoms with Crippen LogP contribution in [-0.2, 0) is 4.79 Å². The molecule has 2 N–H and O–H groups in total. The van der Waals surface area contributed by atoms with Crippen molar-refractivity contribution in [3.8, 4) is 0 Å². The Morgan fingerprint density at radius 1 is 0.765 bits per heavy atom. The number of carboxylic acid groups (broad SMARTS) is 1. The molecule has 0 radical (unpaired) electrons. The van der Waals surface area contributed by atoms with Crippen LogP contribution in [0.5, 0.6) is 0 Å². The first kappa shape index (κ1) is 25.1. The SMILES string of the molecule is CC1CC2C(C(C)CC3C(C)(C)C(O)CCC23C)C2(C)CCC3(C(=O)O)CCC(C)(C)CC3C12. The predicted molar refractivity (Wildman–Crippen MR) is 137 cm³/mol. The Morgan fingerprint density at radius 3 is 2.00 bits per heavy atom. The predicted octanol–water partition coefficient (Wildman–Crippen LogP) is 7.42. The van der Waals surface area contributed by atoms with Crippen molar-refractivity contribution in [3.05, 3.63) is 0 Å². The van der Waals surface area contributed by atoms with Crippen molar-refractivity contribution in [1.29, 1.82) is 0 Å². The number of hydrogen-bond donors (Lipinski definition) is 2. The van der Waals surface area contributed by atoms with Gasteiger partial charge in [-0.15, -0.1) is 0 Å². The highest BCUT2D eigenvalue weighted by Gasteiger charge is 2.69. The molecule has 0 heterocycles. The Morgan fingerprint density at radius 2 is 1.35 bits per heavy atom. The summed E-state index contributed by atoms with van der Waals surface area (Å²) in [4.78, 5) is 12.9. The fourth-order valence-electron chi connectivity index (χ4n) is 11.8. The molecule has 0 aromatic heterocycles. The molecular formula is C31H52O3. The Bertz CT molecular complexity index is 846. The van der Waals surface area contributed by atoms with Crippen molar-refractivity contribution in [3.63, 3.8) is 0 Å². The molecule has 0 aliphatic heterocycles. The molecule has 194 valence electrons. The van der Waals surface area contributed by atoms with Gasteiger partial charge in [0.1, 0.15) is 0 Å². The van der Waals surface area contributed by atoms with Gasteiger partial charge in [-0.3, -0.25) is 4.79 Å². The Labute approximate surface area is 208 Å². The number of aliphatic hydroxyl groups is 1. The second-order valence-corrected chi connectivity index (χ2v) is 16.0. The van der Waals surface area contributed by atoms with Crippen LogP contribution < -0.4 is 0 Å². The third-order valence-electron chi connectivity index (χ3n) is 13.5. The summed E-state index contributed by atoms with van der Waals surface area (Å²) >= 11 is 0. The van der Waals surface area contributed by atoms with Gasteiger partial charge in [-0.1, -0.05) is 55.4 Å². The van der Waals surface area contributed by atoms with E-state index < -0.39 is 11.4 Å². The molecule has 0 aromatic carbocycles. The van der Waals surface area contributed by atoms with Gasteiger partial charge in [0.05, 0.1) is 11.5 Å². The van der Waals surface area contributed by atoms with Crippen molar-refractivity contribution < 1.29 is 15.0 Å². The fourth-order valence-corrected chi connectivity index (χ4v) is 11.8. The molecule has 5 aliphatic rings. The van der Waals surface area contributed by atoms with Crippen LogP contribution in [0.2, 0.25) is 0 Å². The van der Waals surface area contributed by atoms with E-state index in [4.69, 9.17) is 0 Å². The van der Waals surface area contributed by atoms with E-state index in [0.717, 1.165) is 44.9 Å². The molecule has 0 saturated heterocycles. The quantitative estimate of drug-likeness (QED) is 0.417. The molecule has 5 fully saturated rings. The number of carboxylic acids is 1. The zero-order valence-electron chi connectivity index (χ0n) is 23.3. The van der Waals surface area contributed by atoms with Crippen LogP contribution in [0.15, 0.2) is 0 Å². The number of fused-ring (bicyclic) bond motifs is 7. The molecular weight excluding hydrogens is 420 g/mol. The molecule has 3 nitrogen and oxygen atoms in total. The van der Waals surface area contributed by atoms with Crippen molar-refractivity contribution in [2.24, 2.45) is 68.5 Å². The summed E-state index contributed by atoms with van der Waals surface area (Å²) in [6, 6.07) is 0. The van der Waals surface area contributed by atoms with E-state index in [1.807, 2.05) is 0 Å². The third kappa shape index (κ3) is 3.13. The second-order valence-electron chi connectivity index (χ2n) is 16.0. The van der Waals surface area contributed by atoms with Gasteiger partial charge in [0, 0.05) is 0 Å². The molecule has 0 amide bonds. The average Bonchev–Trinajstić information content (AvgIpc) is 2.72. The Balaban J connectivity index is 1.57. The molecule has 5 rings (SSSR count). The normalized spacial score (nSPS) is 55.8. The molecule has 5 saturated carbocycles. The molecule has 5 aliphatic carbocycles. The lowest BCUT2D eigenvalue weighted by Gasteiger charge is -2.72. The van der Waals surface area contributed by atoms with Gasteiger partial charge >= 0.3 is 5.97 Å². The summed E-state index contributed by atoms with van der Waals surface area (Å²) in [5, 5.41) is 21.6. The Hall–Kier alpha value is -0.570. The van der Waals surface area contributed by atoms with E-state index in [2.05, 4.69) is 55.4 Å². The highest BCUT2D eigenvalue weighted by Crippen LogP contribution is 2.74. The average molecular weight is 473 g/mol. The maximum Gasteiger partial charge on any atom is 0.309 e. The van der Waals surface area contributed by atoms with Crippen LogP contribution >= 0.6 is 0 Å². The van der Waals surface area contributed by atoms with Gasteiger partial charge in [-0.25, -0.2) is 0 Å². The number of rotatable bonds is 1. The zero-order chi connectivity index (χ0) is 25.1. The Kier molecular flexibility index (Phi) is 5.52.